The van der Waals surface area contributed by atoms with Gasteiger partial charge in [-0.2, -0.15) is 0 Å². The molecule has 0 aliphatic carbocycles. The zero-order valence-electron chi connectivity index (χ0n) is 12.3. The van der Waals surface area contributed by atoms with Crippen LogP contribution >= 0.6 is 0 Å². The fourth-order valence-corrected chi connectivity index (χ4v) is 2.17. The largest absolute Gasteiger partial charge is 0.350 e. The molecule has 1 N–H and O–H groups in total. The predicted molar refractivity (Wildman–Crippen MR) is 84.2 cm³/mol. The van der Waals surface area contributed by atoms with Gasteiger partial charge in [0.15, 0.2) is 0 Å². The molecule has 1 heterocycles. The Kier molecular flexibility index (Phi) is 4.42. The maximum Gasteiger partial charge on any atom is 0.254 e. The summed E-state index contributed by atoms with van der Waals surface area (Å²) in [6.45, 7) is 0.796. The van der Waals surface area contributed by atoms with Crippen molar-refractivity contribution in [2.24, 2.45) is 0 Å². The van der Waals surface area contributed by atoms with E-state index >= 15 is 0 Å². The van der Waals surface area contributed by atoms with Crippen LogP contribution in [0.15, 0.2) is 60.8 Å². The third kappa shape index (κ3) is 3.60. The van der Waals surface area contributed by atoms with Crippen molar-refractivity contribution in [1.82, 2.24) is 20.3 Å². The number of amides is 1. The van der Waals surface area contributed by atoms with Crippen molar-refractivity contribution in [3.8, 4) is 11.3 Å². The van der Waals surface area contributed by atoms with Gasteiger partial charge in [0.05, 0.1) is 18.3 Å². The van der Waals surface area contributed by atoms with Crippen molar-refractivity contribution >= 4 is 5.91 Å². The van der Waals surface area contributed by atoms with Gasteiger partial charge in [0.1, 0.15) is 11.5 Å². The maximum absolute atomic E-state index is 13.5. The van der Waals surface area contributed by atoms with E-state index in [1.165, 1.54) is 12.1 Å². The van der Waals surface area contributed by atoms with Crippen LogP contribution in [0.4, 0.5) is 4.39 Å². The van der Waals surface area contributed by atoms with Crippen LogP contribution in [-0.2, 0) is 6.54 Å². The summed E-state index contributed by atoms with van der Waals surface area (Å²) in [5.74, 6) is -0.969. The van der Waals surface area contributed by atoms with Crippen LogP contribution in [-0.4, -0.2) is 27.4 Å². The van der Waals surface area contributed by atoms with E-state index in [0.29, 0.717) is 13.1 Å². The Hall–Kier alpha value is -3.02. The van der Waals surface area contributed by atoms with Gasteiger partial charge in [0.2, 0.25) is 0 Å². The fraction of sp³-hybridized carbons (Fsp3) is 0.118. The zero-order valence-corrected chi connectivity index (χ0v) is 12.3. The van der Waals surface area contributed by atoms with E-state index in [9.17, 15) is 9.18 Å². The van der Waals surface area contributed by atoms with Gasteiger partial charge in [-0.3, -0.25) is 9.48 Å². The third-order valence-corrected chi connectivity index (χ3v) is 3.35. The molecule has 3 rings (SSSR count). The molecular weight excluding hydrogens is 295 g/mol. The van der Waals surface area contributed by atoms with Crippen LogP contribution in [0.2, 0.25) is 0 Å². The molecule has 116 valence electrons. The molecule has 6 heteroatoms. The molecule has 1 aromatic heterocycles. The van der Waals surface area contributed by atoms with Crippen molar-refractivity contribution in [1.29, 1.82) is 0 Å². The Morgan fingerprint density at radius 3 is 2.61 bits per heavy atom. The number of nitrogens with one attached hydrogen (secondary N) is 1. The lowest BCUT2D eigenvalue weighted by Crippen LogP contribution is -2.28. The van der Waals surface area contributed by atoms with Gasteiger partial charge in [-0.25, -0.2) is 4.39 Å². The van der Waals surface area contributed by atoms with Crippen molar-refractivity contribution in [3.63, 3.8) is 0 Å². The molecule has 0 spiro atoms. The summed E-state index contributed by atoms with van der Waals surface area (Å²) in [7, 11) is 0. The topological polar surface area (TPSA) is 59.8 Å². The Balaban J connectivity index is 1.56. The molecule has 0 bridgehead atoms. The monoisotopic (exact) mass is 310 g/mol. The first-order chi connectivity index (χ1) is 11.2. The maximum atomic E-state index is 13.5. The first kappa shape index (κ1) is 14.9. The first-order valence-electron chi connectivity index (χ1n) is 7.22. The van der Waals surface area contributed by atoms with Crippen LogP contribution < -0.4 is 5.32 Å². The minimum absolute atomic E-state index is 0.0380. The lowest BCUT2D eigenvalue weighted by atomic mass is 10.2. The van der Waals surface area contributed by atoms with E-state index in [0.717, 1.165) is 11.3 Å². The van der Waals surface area contributed by atoms with Gasteiger partial charge in [-0.15, -0.1) is 5.10 Å². The molecule has 0 saturated heterocycles. The SMILES string of the molecule is O=C(NCCn1cc(-c2ccccc2)nn1)c1ccccc1F. The normalized spacial score (nSPS) is 10.5. The second-order valence-corrected chi connectivity index (χ2v) is 4.97. The number of carbonyl (C=O) groups excluding carboxylic acids is 1. The predicted octanol–water partition coefficient (Wildman–Crippen LogP) is 2.51. The highest BCUT2D eigenvalue weighted by Gasteiger charge is 2.10. The summed E-state index contributed by atoms with van der Waals surface area (Å²) >= 11 is 0. The van der Waals surface area contributed by atoms with Crippen LogP contribution in [0.3, 0.4) is 0 Å². The summed E-state index contributed by atoms with van der Waals surface area (Å²) in [6.07, 6.45) is 1.81. The molecule has 0 aliphatic heterocycles. The number of hydrogen-bond acceptors (Lipinski definition) is 3. The average molecular weight is 310 g/mol. The highest BCUT2D eigenvalue weighted by molar-refractivity contribution is 5.94. The molecule has 0 radical (unpaired) electrons. The minimum Gasteiger partial charge on any atom is -0.350 e. The van der Waals surface area contributed by atoms with Crippen LogP contribution in [0, 0.1) is 5.82 Å². The zero-order chi connectivity index (χ0) is 16.1. The number of hydrogen-bond donors (Lipinski definition) is 1. The molecule has 0 saturated carbocycles. The molecule has 0 unspecified atom stereocenters. The molecule has 3 aromatic rings. The molecule has 1 amide bonds. The third-order valence-electron chi connectivity index (χ3n) is 3.35. The number of halogens is 1. The molecular formula is C17H15FN4O. The van der Waals surface area contributed by atoms with E-state index in [2.05, 4.69) is 15.6 Å². The summed E-state index contributed by atoms with van der Waals surface area (Å²) in [5.41, 5.74) is 1.79. The summed E-state index contributed by atoms with van der Waals surface area (Å²) < 4.78 is 15.1. The average Bonchev–Trinajstić information content (AvgIpc) is 3.05. The fourth-order valence-electron chi connectivity index (χ4n) is 2.17. The molecule has 0 fully saturated rings. The van der Waals surface area contributed by atoms with Gasteiger partial charge in [-0.1, -0.05) is 47.7 Å². The van der Waals surface area contributed by atoms with E-state index in [1.807, 2.05) is 36.5 Å². The van der Waals surface area contributed by atoms with Crippen molar-refractivity contribution in [3.05, 3.63) is 72.2 Å². The van der Waals surface area contributed by atoms with E-state index in [-0.39, 0.29) is 5.56 Å². The van der Waals surface area contributed by atoms with E-state index in [4.69, 9.17) is 0 Å². The van der Waals surface area contributed by atoms with Crippen molar-refractivity contribution < 1.29 is 9.18 Å². The quantitative estimate of drug-likeness (QED) is 0.788. The number of rotatable bonds is 5. The smallest absolute Gasteiger partial charge is 0.254 e. The van der Waals surface area contributed by atoms with Gasteiger partial charge < -0.3 is 5.32 Å². The molecule has 0 aliphatic rings. The second kappa shape index (κ2) is 6.83. The van der Waals surface area contributed by atoms with Crippen molar-refractivity contribution in [2.75, 3.05) is 6.54 Å². The molecule has 5 nitrogen and oxygen atoms in total. The van der Waals surface area contributed by atoms with E-state index in [1.54, 1.807) is 16.8 Å². The van der Waals surface area contributed by atoms with Gasteiger partial charge >= 0.3 is 0 Å². The van der Waals surface area contributed by atoms with Crippen LogP contribution in [0.25, 0.3) is 11.3 Å². The second-order valence-electron chi connectivity index (χ2n) is 4.97. The van der Waals surface area contributed by atoms with Gasteiger partial charge in [0, 0.05) is 12.1 Å². The number of benzene rings is 2. The van der Waals surface area contributed by atoms with Gasteiger partial charge in [-0.05, 0) is 12.1 Å². The molecule has 2 aromatic carbocycles. The highest BCUT2D eigenvalue weighted by Crippen LogP contribution is 2.14. The Bertz CT molecular complexity index is 801. The van der Waals surface area contributed by atoms with Gasteiger partial charge in [0.25, 0.3) is 5.91 Å². The molecule has 0 atom stereocenters. The Morgan fingerprint density at radius 2 is 1.83 bits per heavy atom. The summed E-state index contributed by atoms with van der Waals surface area (Å²) in [4.78, 5) is 11.9. The number of aromatic nitrogens is 3. The summed E-state index contributed by atoms with van der Waals surface area (Å²) in [6, 6.07) is 15.6. The number of carbonyl (C=O) groups is 1. The Labute approximate surface area is 132 Å². The standard InChI is InChI=1S/C17H15FN4O/c18-15-9-5-4-8-14(15)17(23)19-10-11-22-12-16(20-21-22)13-6-2-1-3-7-13/h1-9,12H,10-11H2,(H,19,23). The van der Waals surface area contributed by atoms with E-state index < -0.39 is 11.7 Å². The Morgan fingerprint density at radius 1 is 1.09 bits per heavy atom. The lowest BCUT2D eigenvalue weighted by Gasteiger charge is -2.05. The summed E-state index contributed by atoms with van der Waals surface area (Å²) in [5, 5.41) is 10.8. The van der Waals surface area contributed by atoms with Crippen LogP contribution in [0.5, 0.6) is 0 Å². The minimum atomic E-state index is -0.530. The lowest BCUT2D eigenvalue weighted by molar-refractivity contribution is 0.0948. The number of nitrogens with zero attached hydrogens (tertiary/aromatic N) is 3. The highest BCUT2D eigenvalue weighted by atomic mass is 19.1. The molecule has 23 heavy (non-hydrogen) atoms. The van der Waals surface area contributed by atoms with Crippen molar-refractivity contribution in [2.45, 2.75) is 6.54 Å². The first-order valence-corrected chi connectivity index (χ1v) is 7.22. The van der Waals surface area contributed by atoms with Crippen LogP contribution in [0.1, 0.15) is 10.4 Å².